The minimum absolute atomic E-state index is 0.0671. The van der Waals surface area contributed by atoms with Crippen molar-refractivity contribution in [1.82, 2.24) is 4.57 Å². The van der Waals surface area contributed by atoms with E-state index in [1.165, 1.54) is 111 Å². The first-order valence-electron chi connectivity index (χ1n) is 21.4. The second kappa shape index (κ2) is 13.1. The van der Waals surface area contributed by atoms with Gasteiger partial charge >= 0.3 is 0 Å². The number of aromatic nitrogens is 1. The molecule has 13 rings (SSSR count). The molecule has 1 unspecified atom stereocenters. The van der Waals surface area contributed by atoms with Crippen LogP contribution in [-0.2, 0) is 5.41 Å². The van der Waals surface area contributed by atoms with Gasteiger partial charge in [0.05, 0.1) is 22.1 Å². The molecule has 0 N–H and O–H groups in total. The summed E-state index contributed by atoms with van der Waals surface area (Å²) in [6.45, 7) is 0. The van der Waals surface area contributed by atoms with Crippen molar-refractivity contribution in [2.75, 3.05) is 0 Å². The second-order valence-electron chi connectivity index (χ2n) is 16.7. The normalized spacial score (nSPS) is 14.5. The van der Waals surface area contributed by atoms with E-state index in [1.807, 2.05) is 0 Å². The maximum Gasteiger partial charge on any atom is 0.0716 e. The van der Waals surface area contributed by atoms with Crippen LogP contribution in [0.3, 0.4) is 0 Å². The van der Waals surface area contributed by atoms with Crippen LogP contribution in [0.2, 0.25) is 0 Å². The molecular formula is C60H39N. The van der Waals surface area contributed by atoms with Crippen LogP contribution in [-0.4, -0.2) is 4.57 Å². The van der Waals surface area contributed by atoms with Crippen LogP contribution in [0, 0.1) is 0 Å². The molecule has 1 atom stereocenters. The molecule has 0 saturated carbocycles. The highest BCUT2D eigenvalue weighted by molar-refractivity contribution is 6.12. The van der Waals surface area contributed by atoms with Gasteiger partial charge in [-0.3, -0.25) is 0 Å². The zero-order valence-electron chi connectivity index (χ0n) is 33.5. The van der Waals surface area contributed by atoms with Crippen molar-refractivity contribution in [3.05, 3.63) is 269 Å². The maximum absolute atomic E-state index is 2.48. The van der Waals surface area contributed by atoms with Gasteiger partial charge in [-0.1, -0.05) is 200 Å². The first-order chi connectivity index (χ1) is 30.3. The lowest BCUT2D eigenvalue weighted by atomic mass is 9.65. The van der Waals surface area contributed by atoms with Gasteiger partial charge in [0.1, 0.15) is 0 Å². The first kappa shape index (κ1) is 34.2. The van der Waals surface area contributed by atoms with Crippen molar-refractivity contribution in [2.24, 2.45) is 0 Å². The van der Waals surface area contributed by atoms with Crippen molar-refractivity contribution in [3.8, 4) is 39.1 Å². The largest absolute Gasteiger partial charge is 0.309 e. The fraction of sp³-hybridized carbons (Fsp3) is 0.0333. The molecule has 2 aliphatic rings. The van der Waals surface area contributed by atoms with Crippen LogP contribution in [0.1, 0.15) is 44.9 Å². The molecule has 1 heterocycles. The fourth-order valence-corrected chi connectivity index (χ4v) is 11.3. The number of hydrogen-bond donors (Lipinski definition) is 0. The second-order valence-corrected chi connectivity index (χ2v) is 16.7. The van der Waals surface area contributed by atoms with Crippen LogP contribution in [0.5, 0.6) is 0 Å². The molecule has 284 valence electrons. The van der Waals surface area contributed by atoms with Crippen molar-refractivity contribution in [2.45, 2.75) is 11.3 Å². The van der Waals surface area contributed by atoms with Gasteiger partial charge in [0.15, 0.2) is 0 Å². The van der Waals surface area contributed by atoms with Gasteiger partial charge in [-0.25, -0.2) is 0 Å². The van der Waals surface area contributed by atoms with Crippen molar-refractivity contribution in [3.63, 3.8) is 0 Å². The predicted octanol–water partition coefficient (Wildman–Crippen LogP) is 15.1. The molecule has 0 fully saturated rings. The zero-order chi connectivity index (χ0) is 40.1. The molecule has 1 nitrogen and oxygen atoms in total. The standard InChI is InChI=1S/C60H39N/c1-4-18-40(19-5-1)57-48-33-31-41(42-32-36-56-52(38-42)47-27-13-15-29-55(47)61(56)54-30-16-20-39-17-10-11-25-45(39)54)37-51(48)49-34-35-50-46-26-12-14-28-53(46)60(59(50)58(49)57,43-21-6-2-7-22-43)44-23-8-3-9-24-44/h1-38,57H. The van der Waals surface area contributed by atoms with Crippen LogP contribution < -0.4 is 0 Å². The van der Waals surface area contributed by atoms with E-state index in [0.717, 1.165) is 0 Å². The fourth-order valence-electron chi connectivity index (χ4n) is 11.3. The minimum Gasteiger partial charge on any atom is -0.309 e. The summed E-state index contributed by atoms with van der Waals surface area (Å²) in [4.78, 5) is 0. The Balaban J connectivity index is 1.06. The number of fused-ring (bicyclic) bond motifs is 11. The maximum atomic E-state index is 2.48. The van der Waals surface area contributed by atoms with E-state index in [4.69, 9.17) is 0 Å². The molecule has 2 aliphatic carbocycles. The molecule has 1 heteroatoms. The Labute approximate surface area is 355 Å². The third-order valence-corrected chi connectivity index (χ3v) is 13.7. The van der Waals surface area contributed by atoms with E-state index < -0.39 is 5.41 Å². The molecule has 0 aliphatic heterocycles. The molecule has 11 aromatic rings. The Morgan fingerprint density at radius 3 is 1.79 bits per heavy atom. The third kappa shape index (κ3) is 4.78. The van der Waals surface area contributed by atoms with Crippen LogP contribution in [0.4, 0.5) is 0 Å². The Morgan fingerprint density at radius 1 is 0.377 bits per heavy atom. The number of benzene rings is 10. The summed E-state index contributed by atoms with van der Waals surface area (Å²) >= 11 is 0. The Morgan fingerprint density at radius 2 is 0.984 bits per heavy atom. The lowest BCUT2D eigenvalue weighted by Crippen LogP contribution is -2.30. The van der Waals surface area contributed by atoms with Crippen LogP contribution >= 0.6 is 0 Å². The van der Waals surface area contributed by atoms with Gasteiger partial charge < -0.3 is 4.57 Å². The molecule has 1 aromatic heterocycles. The van der Waals surface area contributed by atoms with E-state index in [9.17, 15) is 0 Å². The van der Waals surface area contributed by atoms with Crippen molar-refractivity contribution in [1.29, 1.82) is 0 Å². The molecule has 0 radical (unpaired) electrons. The molecule has 0 spiro atoms. The van der Waals surface area contributed by atoms with Crippen LogP contribution in [0.25, 0.3) is 71.6 Å². The van der Waals surface area contributed by atoms with Gasteiger partial charge in [0.25, 0.3) is 0 Å². The molecular weight excluding hydrogens is 735 g/mol. The smallest absolute Gasteiger partial charge is 0.0716 e. The summed E-state index contributed by atoms with van der Waals surface area (Å²) in [5.41, 5.74) is 20.3. The van der Waals surface area contributed by atoms with E-state index >= 15 is 0 Å². The van der Waals surface area contributed by atoms with E-state index in [-0.39, 0.29) is 5.92 Å². The number of para-hydroxylation sites is 1. The SMILES string of the molecule is c1ccc(C2c3ccc(-c4ccc5c(c4)c4ccccc4n5-c4cccc5ccccc45)cc3-c3ccc4c(c32)C(c2ccccc2)(c2ccccc2)c2ccccc2-4)cc1. The summed E-state index contributed by atoms with van der Waals surface area (Å²) < 4.78 is 2.45. The van der Waals surface area contributed by atoms with Gasteiger partial charge in [-0.05, 0) is 108 Å². The van der Waals surface area contributed by atoms with Crippen molar-refractivity contribution >= 4 is 32.6 Å². The van der Waals surface area contributed by atoms with Gasteiger partial charge in [-0.2, -0.15) is 0 Å². The summed E-state index contributed by atoms with van der Waals surface area (Å²) in [5, 5.41) is 5.01. The number of hydrogen-bond acceptors (Lipinski definition) is 0. The topological polar surface area (TPSA) is 4.93 Å². The molecule has 0 bridgehead atoms. The van der Waals surface area contributed by atoms with Crippen LogP contribution in [0.15, 0.2) is 231 Å². The van der Waals surface area contributed by atoms with E-state index in [1.54, 1.807) is 0 Å². The van der Waals surface area contributed by atoms with E-state index in [0.29, 0.717) is 0 Å². The highest BCUT2D eigenvalue weighted by atomic mass is 15.0. The Kier molecular flexibility index (Phi) is 7.35. The van der Waals surface area contributed by atoms with Crippen molar-refractivity contribution < 1.29 is 0 Å². The minimum atomic E-state index is -0.499. The molecule has 10 aromatic carbocycles. The quantitative estimate of drug-likeness (QED) is 0.164. The average Bonchev–Trinajstić information content (AvgIpc) is 3.96. The highest BCUT2D eigenvalue weighted by Crippen LogP contribution is 2.62. The lowest BCUT2D eigenvalue weighted by molar-refractivity contribution is 0.752. The highest BCUT2D eigenvalue weighted by Gasteiger charge is 2.50. The summed E-state index contributed by atoms with van der Waals surface area (Å²) in [6.07, 6.45) is 0. The number of rotatable bonds is 5. The lowest BCUT2D eigenvalue weighted by Gasteiger charge is -2.36. The predicted molar refractivity (Wildman–Crippen MR) is 254 cm³/mol. The Bertz CT molecular complexity index is 3480. The average molecular weight is 774 g/mol. The van der Waals surface area contributed by atoms with Gasteiger partial charge in [-0.15, -0.1) is 0 Å². The van der Waals surface area contributed by atoms with Gasteiger partial charge in [0.2, 0.25) is 0 Å². The zero-order valence-corrected chi connectivity index (χ0v) is 33.5. The first-order valence-corrected chi connectivity index (χ1v) is 21.4. The summed E-state index contributed by atoms with van der Waals surface area (Å²) in [6, 6.07) is 86.1. The number of nitrogens with zero attached hydrogens (tertiary/aromatic N) is 1. The Hall–Kier alpha value is -7.74. The summed E-state index contributed by atoms with van der Waals surface area (Å²) in [5.74, 6) is 0.0671. The molecule has 0 saturated heterocycles. The van der Waals surface area contributed by atoms with E-state index in [2.05, 4.69) is 235 Å². The third-order valence-electron chi connectivity index (χ3n) is 13.7. The van der Waals surface area contributed by atoms with Gasteiger partial charge in [0, 0.05) is 22.1 Å². The summed E-state index contributed by atoms with van der Waals surface area (Å²) in [7, 11) is 0. The molecule has 61 heavy (non-hydrogen) atoms. The molecule has 0 amide bonds. The monoisotopic (exact) mass is 773 g/mol.